The van der Waals surface area contributed by atoms with Crippen LogP contribution in [0.2, 0.25) is 0 Å². The molecule has 0 saturated heterocycles. The number of nitrogens with zero attached hydrogens (tertiary/aromatic N) is 1. The highest BCUT2D eigenvalue weighted by molar-refractivity contribution is 14.1. The van der Waals surface area contributed by atoms with Crippen molar-refractivity contribution in [3.05, 3.63) is 46.3 Å². The largest absolute Gasteiger partial charge is 0.497 e. The average molecular weight is 311 g/mol. The third kappa shape index (κ3) is 2.28. The fraction of sp³-hybridized carbons (Fsp3) is 0.0833. The smallest absolute Gasteiger partial charge is 0.119 e. The minimum atomic E-state index is 0.877. The SMILES string of the molecule is COc1ccc(I)c(-c2ccncc2)c1. The molecule has 76 valence electrons. The normalized spacial score (nSPS) is 10.0. The van der Waals surface area contributed by atoms with Crippen LogP contribution in [0.3, 0.4) is 0 Å². The summed E-state index contributed by atoms with van der Waals surface area (Å²) in [7, 11) is 1.68. The Morgan fingerprint density at radius 1 is 1.13 bits per heavy atom. The zero-order valence-corrected chi connectivity index (χ0v) is 10.4. The predicted octanol–water partition coefficient (Wildman–Crippen LogP) is 3.36. The molecule has 1 aromatic heterocycles. The van der Waals surface area contributed by atoms with Crippen LogP contribution in [0, 0.1) is 3.57 Å². The topological polar surface area (TPSA) is 22.1 Å². The van der Waals surface area contributed by atoms with Crippen LogP contribution in [0.5, 0.6) is 5.75 Å². The van der Waals surface area contributed by atoms with E-state index in [2.05, 4.69) is 33.6 Å². The van der Waals surface area contributed by atoms with Gasteiger partial charge >= 0.3 is 0 Å². The lowest BCUT2D eigenvalue weighted by molar-refractivity contribution is 0.415. The molecule has 2 nitrogen and oxygen atoms in total. The van der Waals surface area contributed by atoms with Crippen molar-refractivity contribution in [2.24, 2.45) is 0 Å². The van der Waals surface area contributed by atoms with Gasteiger partial charge in [-0.15, -0.1) is 0 Å². The van der Waals surface area contributed by atoms with Crippen LogP contribution in [0.15, 0.2) is 42.7 Å². The molecule has 0 fully saturated rings. The van der Waals surface area contributed by atoms with E-state index >= 15 is 0 Å². The fourth-order valence-corrected chi connectivity index (χ4v) is 2.03. The number of ether oxygens (including phenoxy) is 1. The third-order valence-electron chi connectivity index (χ3n) is 2.16. The van der Waals surface area contributed by atoms with Crippen LogP contribution in [0.4, 0.5) is 0 Å². The van der Waals surface area contributed by atoms with E-state index in [1.54, 1.807) is 19.5 Å². The van der Waals surface area contributed by atoms with Crippen molar-refractivity contribution in [1.29, 1.82) is 0 Å². The monoisotopic (exact) mass is 311 g/mol. The summed E-state index contributed by atoms with van der Waals surface area (Å²) in [5, 5.41) is 0. The minimum absolute atomic E-state index is 0.877. The van der Waals surface area contributed by atoms with Crippen LogP contribution in [-0.4, -0.2) is 12.1 Å². The molecular weight excluding hydrogens is 301 g/mol. The lowest BCUT2D eigenvalue weighted by Crippen LogP contribution is -1.87. The van der Waals surface area contributed by atoms with Crippen LogP contribution >= 0.6 is 22.6 Å². The molecule has 1 heterocycles. The maximum atomic E-state index is 5.21. The van der Waals surface area contributed by atoms with Gasteiger partial charge < -0.3 is 4.74 Å². The van der Waals surface area contributed by atoms with Crippen molar-refractivity contribution in [3.8, 4) is 16.9 Å². The number of aromatic nitrogens is 1. The molecule has 0 aliphatic rings. The first-order valence-corrected chi connectivity index (χ1v) is 5.63. The number of benzene rings is 1. The van der Waals surface area contributed by atoms with Crippen LogP contribution in [-0.2, 0) is 0 Å². The van der Waals surface area contributed by atoms with Gasteiger partial charge in [0.2, 0.25) is 0 Å². The van der Waals surface area contributed by atoms with E-state index in [4.69, 9.17) is 4.74 Å². The van der Waals surface area contributed by atoms with Crippen molar-refractivity contribution in [1.82, 2.24) is 4.98 Å². The first-order valence-electron chi connectivity index (χ1n) is 4.55. The van der Waals surface area contributed by atoms with Gasteiger partial charge in [0.1, 0.15) is 5.75 Å². The van der Waals surface area contributed by atoms with Crippen LogP contribution in [0.1, 0.15) is 0 Å². The van der Waals surface area contributed by atoms with Gasteiger partial charge in [0.05, 0.1) is 7.11 Å². The molecule has 0 N–H and O–H groups in total. The van der Waals surface area contributed by atoms with Gasteiger partial charge in [-0.05, 0) is 64.0 Å². The van der Waals surface area contributed by atoms with Crippen molar-refractivity contribution in [2.75, 3.05) is 7.11 Å². The van der Waals surface area contributed by atoms with E-state index in [0.717, 1.165) is 11.3 Å². The zero-order valence-electron chi connectivity index (χ0n) is 8.27. The Morgan fingerprint density at radius 3 is 2.53 bits per heavy atom. The number of hydrogen-bond acceptors (Lipinski definition) is 2. The molecule has 0 unspecified atom stereocenters. The summed E-state index contributed by atoms with van der Waals surface area (Å²) in [6.45, 7) is 0. The lowest BCUT2D eigenvalue weighted by Gasteiger charge is -2.06. The van der Waals surface area contributed by atoms with E-state index in [0.29, 0.717) is 0 Å². The van der Waals surface area contributed by atoms with Crippen molar-refractivity contribution < 1.29 is 4.74 Å². The Kier molecular flexibility index (Phi) is 3.20. The molecule has 0 aliphatic heterocycles. The summed E-state index contributed by atoms with van der Waals surface area (Å²) in [5.74, 6) is 0.877. The summed E-state index contributed by atoms with van der Waals surface area (Å²) < 4.78 is 6.42. The molecule has 0 atom stereocenters. The van der Waals surface area contributed by atoms with Gasteiger partial charge in [-0.2, -0.15) is 0 Å². The highest BCUT2D eigenvalue weighted by Crippen LogP contribution is 2.28. The summed E-state index contributed by atoms with van der Waals surface area (Å²) in [5.41, 5.74) is 2.34. The maximum Gasteiger partial charge on any atom is 0.119 e. The molecule has 0 saturated carbocycles. The summed E-state index contributed by atoms with van der Waals surface area (Å²) >= 11 is 2.32. The first-order chi connectivity index (χ1) is 7.31. The van der Waals surface area contributed by atoms with Gasteiger partial charge in [0.25, 0.3) is 0 Å². The second-order valence-corrected chi connectivity index (χ2v) is 4.24. The van der Waals surface area contributed by atoms with Crippen LogP contribution < -0.4 is 4.74 Å². The van der Waals surface area contributed by atoms with E-state index in [1.807, 2.05) is 24.3 Å². The summed E-state index contributed by atoms with van der Waals surface area (Å²) in [6.07, 6.45) is 3.59. The Morgan fingerprint density at radius 2 is 1.87 bits per heavy atom. The summed E-state index contributed by atoms with van der Waals surface area (Å²) in [4.78, 5) is 4.01. The molecule has 2 rings (SSSR count). The third-order valence-corrected chi connectivity index (χ3v) is 3.11. The minimum Gasteiger partial charge on any atom is -0.497 e. The number of halogens is 1. The average Bonchev–Trinajstić information content (AvgIpc) is 2.31. The molecule has 0 radical (unpaired) electrons. The van der Waals surface area contributed by atoms with E-state index < -0.39 is 0 Å². The molecule has 3 heteroatoms. The molecule has 2 aromatic rings. The molecular formula is C12H10INO. The highest BCUT2D eigenvalue weighted by Gasteiger charge is 2.03. The Hall–Kier alpha value is -1.10. The van der Waals surface area contributed by atoms with Gasteiger partial charge in [-0.25, -0.2) is 0 Å². The fourth-order valence-electron chi connectivity index (χ4n) is 1.38. The standard InChI is InChI=1S/C12H10INO/c1-15-10-2-3-12(13)11(8-10)9-4-6-14-7-5-9/h2-8H,1H3. The van der Waals surface area contributed by atoms with Crippen molar-refractivity contribution in [3.63, 3.8) is 0 Å². The van der Waals surface area contributed by atoms with Gasteiger partial charge in [0, 0.05) is 16.0 Å². The molecule has 0 amide bonds. The van der Waals surface area contributed by atoms with Crippen LogP contribution in [0.25, 0.3) is 11.1 Å². The van der Waals surface area contributed by atoms with E-state index in [1.165, 1.54) is 9.13 Å². The Labute approximate surface area is 102 Å². The second-order valence-electron chi connectivity index (χ2n) is 3.08. The molecule has 15 heavy (non-hydrogen) atoms. The number of methoxy groups -OCH3 is 1. The van der Waals surface area contributed by atoms with Gasteiger partial charge in [0.15, 0.2) is 0 Å². The number of rotatable bonds is 2. The Bertz CT molecular complexity index is 456. The first kappa shape index (κ1) is 10.4. The quantitative estimate of drug-likeness (QED) is 0.794. The van der Waals surface area contributed by atoms with Gasteiger partial charge in [-0.1, -0.05) is 0 Å². The van der Waals surface area contributed by atoms with Crippen molar-refractivity contribution >= 4 is 22.6 Å². The van der Waals surface area contributed by atoms with Gasteiger partial charge in [-0.3, -0.25) is 4.98 Å². The number of pyridine rings is 1. The predicted molar refractivity (Wildman–Crippen MR) is 68.9 cm³/mol. The highest BCUT2D eigenvalue weighted by atomic mass is 127. The number of hydrogen-bond donors (Lipinski definition) is 0. The zero-order chi connectivity index (χ0) is 10.7. The molecule has 0 spiro atoms. The molecule has 1 aromatic carbocycles. The Balaban J connectivity index is 2.52. The molecule has 0 bridgehead atoms. The lowest BCUT2D eigenvalue weighted by atomic mass is 10.1. The maximum absolute atomic E-state index is 5.21. The molecule has 0 aliphatic carbocycles. The van der Waals surface area contributed by atoms with Crippen molar-refractivity contribution in [2.45, 2.75) is 0 Å². The second kappa shape index (κ2) is 4.61. The van der Waals surface area contributed by atoms with E-state index in [-0.39, 0.29) is 0 Å². The summed E-state index contributed by atoms with van der Waals surface area (Å²) in [6, 6.07) is 10.0. The van der Waals surface area contributed by atoms with E-state index in [9.17, 15) is 0 Å².